The van der Waals surface area contributed by atoms with Gasteiger partial charge in [-0.2, -0.15) is 0 Å². The molecule has 3 N–H and O–H groups in total. The second kappa shape index (κ2) is 7.48. The minimum atomic E-state index is 0.522. The van der Waals surface area contributed by atoms with Crippen molar-refractivity contribution in [1.29, 1.82) is 0 Å². The quantitative estimate of drug-likeness (QED) is 0.506. The molecule has 1 fully saturated rings. The van der Waals surface area contributed by atoms with Gasteiger partial charge in [0.05, 0.1) is 5.01 Å². The minimum absolute atomic E-state index is 0.522. The highest BCUT2D eigenvalue weighted by Gasteiger charge is 2.12. The predicted molar refractivity (Wildman–Crippen MR) is 81.7 cm³/mol. The maximum absolute atomic E-state index is 5.95. The van der Waals surface area contributed by atoms with Crippen molar-refractivity contribution in [3.8, 4) is 0 Å². The van der Waals surface area contributed by atoms with Crippen molar-refractivity contribution in [2.75, 3.05) is 6.54 Å². The molecule has 1 aromatic rings. The SMILES string of the molecule is Cc1cnc(CCN=C(N)NC2CCCCCC2)s1. The molecule has 0 saturated heterocycles. The molecular formula is C14H24N4S. The Hall–Kier alpha value is -1.10. The number of guanidine groups is 1. The van der Waals surface area contributed by atoms with Crippen LogP contribution in [0.2, 0.25) is 0 Å². The minimum Gasteiger partial charge on any atom is -0.370 e. The Balaban J connectivity index is 1.72. The van der Waals surface area contributed by atoms with Crippen molar-refractivity contribution in [3.05, 3.63) is 16.1 Å². The van der Waals surface area contributed by atoms with Crippen molar-refractivity contribution < 1.29 is 0 Å². The lowest BCUT2D eigenvalue weighted by Crippen LogP contribution is -2.40. The normalized spacial score (nSPS) is 18.3. The number of nitrogens with one attached hydrogen (secondary N) is 1. The molecule has 19 heavy (non-hydrogen) atoms. The van der Waals surface area contributed by atoms with Gasteiger partial charge in [0.15, 0.2) is 5.96 Å². The predicted octanol–water partition coefficient (Wildman–Crippen LogP) is 2.62. The number of rotatable bonds is 4. The number of nitrogens with zero attached hydrogens (tertiary/aromatic N) is 2. The van der Waals surface area contributed by atoms with E-state index in [1.54, 1.807) is 11.3 Å². The van der Waals surface area contributed by atoms with Crippen LogP contribution in [0.4, 0.5) is 0 Å². The fourth-order valence-corrected chi connectivity index (χ4v) is 3.24. The number of aromatic nitrogens is 1. The van der Waals surface area contributed by atoms with Crippen LogP contribution in [0.3, 0.4) is 0 Å². The van der Waals surface area contributed by atoms with Crippen LogP contribution in [0, 0.1) is 6.92 Å². The first-order valence-electron chi connectivity index (χ1n) is 7.22. The number of aryl methyl sites for hydroxylation is 1. The van der Waals surface area contributed by atoms with Gasteiger partial charge in [-0.3, -0.25) is 4.99 Å². The molecule has 1 aromatic heterocycles. The molecule has 0 aromatic carbocycles. The lowest BCUT2D eigenvalue weighted by Gasteiger charge is -2.16. The molecule has 4 nitrogen and oxygen atoms in total. The van der Waals surface area contributed by atoms with E-state index in [-0.39, 0.29) is 0 Å². The lowest BCUT2D eigenvalue weighted by atomic mass is 10.1. The molecule has 1 heterocycles. The van der Waals surface area contributed by atoms with Gasteiger partial charge in [0.25, 0.3) is 0 Å². The second-order valence-electron chi connectivity index (χ2n) is 5.21. The number of hydrogen-bond donors (Lipinski definition) is 2. The molecule has 5 heteroatoms. The monoisotopic (exact) mass is 280 g/mol. The van der Waals surface area contributed by atoms with E-state index in [0.29, 0.717) is 12.0 Å². The van der Waals surface area contributed by atoms with Gasteiger partial charge in [-0.1, -0.05) is 25.7 Å². The van der Waals surface area contributed by atoms with E-state index in [0.717, 1.165) is 18.0 Å². The summed E-state index contributed by atoms with van der Waals surface area (Å²) in [5.41, 5.74) is 5.95. The van der Waals surface area contributed by atoms with Gasteiger partial charge in [-0.25, -0.2) is 4.98 Å². The van der Waals surface area contributed by atoms with E-state index in [4.69, 9.17) is 5.73 Å². The molecule has 0 amide bonds. The molecule has 0 radical (unpaired) electrons. The number of hydrogen-bond acceptors (Lipinski definition) is 3. The van der Waals surface area contributed by atoms with Gasteiger partial charge in [0.2, 0.25) is 0 Å². The first-order chi connectivity index (χ1) is 9.24. The Bertz CT molecular complexity index is 405. The first kappa shape index (κ1) is 14.3. The van der Waals surface area contributed by atoms with Gasteiger partial charge in [-0.05, 0) is 19.8 Å². The summed E-state index contributed by atoms with van der Waals surface area (Å²) < 4.78 is 0. The molecule has 0 spiro atoms. The van der Waals surface area contributed by atoms with Crippen molar-refractivity contribution in [3.63, 3.8) is 0 Å². The fraction of sp³-hybridized carbons (Fsp3) is 0.714. The van der Waals surface area contributed by atoms with Crippen LogP contribution in [0.5, 0.6) is 0 Å². The Kier molecular flexibility index (Phi) is 5.63. The molecular weight excluding hydrogens is 256 g/mol. The van der Waals surface area contributed by atoms with Crippen molar-refractivity contribution in [2.24, 2.45) is 10.7 Å². The maximum atomic E-state index is 5.95. The topological polar surface area (TPSA) is 63.3 Å². The van der Waals surface area contributed by atoms with Gasteiger partial charge in [-0.15, -0.1) is 11.3 Å². The third-order valence-electron chi connectivity index (χ3n) is 3.48. The molecule has 0 atom stereocenters. The number of thiazole rings is 1. The van der Waals surface area contributed by atoms with Crippen LogP contribution in [-0.4, -0.2) is 23.5 Å². The zero-order valence-corrected chi connectivity index (χ0v) is 12.5. The molecule has 1 aliphatic carbocycles. The average Bonchev–Trinajstić information content (AvgIpc) is 2.63. The number of nitrogens with two attached hydrogens (primary N) is 1. The molecule has 0 aliphatic heterocycles. The van der Waals surface area contributed by atoms with Gasteiger partial charge < -0.3 is 11.1 Å². The highest BCUT2D eigenvalue weighted by atomic mass is 32.1. The van der Waals surface area contributed by atoms with Crippen LogP contribution in [-0.2, 0) is 6.42 Å². The summed E-state index contributed by atoms with van der Waals surface area (Å²) in [5, 5.41) is 4.50. The van der Waals surface area contributed by atoms with Gasteiger partial charge in [0, 0.05) is 30.1 Å². The first-order valence-corrected chi connectivity index (χ1v) is 8.03. The zero-order valence-electron chi connectivity index (χ0n) is 11.7. The third-order valence-corrected chi connectivity index (χ3v) is 4.46. The third kappa shape index (κ3) is 5.19. The highest BCUT2D eigenvalue weighted by molar-refractivity contribution is 7.11. The molecule has 2 rings (SSSR count). The van der Waals surface area contributed by atoms with Gasteiger partial charge >= 0.3 is 0 Å². The van der Waals surface area contributed by atoms with Crippen LogP contribution in [0.1, 0.15) is 48.4 Å². The van der Waals surface area contributed by atoms with Gasteiger partial charge in [0.1, 0.15) is 0 Å². The van der Waals surface area contributed by atoms with Crippen molar-refractivity contribution >= 4 is 17.3 Å². The lowest BCUT2D eigenvalue weighted by molar-refractivity contribution is 0.530. The average molecular weight is 280 g/mol. The Morgan fingerprint density at radius 2 is 2.16 bits per heavy atom. The maximum Gasteiger partial charge on any atom is 0.188 e. The second-order valence-corrected chi connectivity index (χ2v) is 6.53. The summed E-state index contributed by atoms with van der Waals surface area (Å²) in [6.07, 6.45) is 10.6. The summed E-state index contributed by atoms with van der Waals surface area (Å²) in [4.78, 5) is 9.99. The van der Waals surface area contributed by atoms with Crippen LogP contribution < -0.4 is 11.1 Å². The number of aliphatic imine (C=N–C) groups is 1. The molecule has 0 bridgehead atoms. The summed E-state index contributed by atoms with van der Waals surface area (Å²) >= 11 is 1.74. The summed E-state index contributed by atoms with van der Waals surface area (Å²) in [7, 11) is 0. The van der Waals surface area contributed by atoms with E-state index in [9.17, 15) is 0 Å². The summed E-state index contributed by atoms with van der Waals surface area (Å²) in [6, 6.07) is 0.522. The zero-order chi connectivity index (χ0) is 13.5. The Labute approximate surface area is 119 Å². The van der Waals surface area contributed by atoms with E-state index < -0.39 is 0 Å². The van der Waals surface area contributed by atoms with Crippen molar-refractivity contribution in [1.82, 2.24) is 10.3 Å². The molecule has 1 saturated carbocycles. The van der Waals surface area contributed by atoms with Crippen molar-refractivity contribution in [2.45, 2.75) is 57.9 Å². The van der Waals surface area contributed by atoms with Crippen LogP contribution >= 0.6 is 11.3 Å². The molecule has 106 valence electrons. The summed E-state index contributed by atoms with van der Waals surface area (Å²) in [6.45, 7) is 2.80. The Morgan fingerprint density at radius 1 is 1.42 bits per heavy atom. The Morgan fingerprint density at radius 3 is 2.79 bits per heavy atom. The van der Waals surface area contributed by atoms with E-state index in [1.165, 1.54) is 43.4 Å². The summed E-state index contributed by atoms with van der Waals surface area (Å²) in [5.74, 6) is 0.597. The fourth-order valence-electron chi connectivity index (χ4n) is 2.47. The van der Waals surface area contributed by atoms with E-state index in [1.807, 2.05) is 6.20 Å². The largest absolute Gasteiger partial charge is 0.370 e. The van der Waals surface area contributed by atoms with Crippen LogP contribution in [0.25, 0.3) is 0 Å². The standard InChI is InChI=1S/C14H24N4S/c1-11-10-17-13(19-11)8-9-16-14(15)18-12-6-4-2-3-5-7-12/h10,12H,2-9H2,1H3,(H3,15,16,18). The van der Waals surface area contributed by atoms with E-state index >= 15 is 0 Å². The smallest absolute Gasteiger partial charge is 0.188 e. The molecule has 0 unspecified atom stereocenters. The van der Waals surface area contributed by atoms with E-state index in [2.05, 4.69) is 22.2 Å². The molecule has 1 aliphatic rings. The van der Waals surface area contributed by atoms with Crippen LogP contribution in [0.15, 0.2) is 11.2 Å². The highest BCUT2D eigenvalue weighted by Crippen LogP contribution is 2.17.